The Morgan fingerprint density at radius 2 is 1.82 bits per heavy atom. The third-order valence-electron chi connectivity index (χ3n) is 6.23. The molecule has 3 aromatic rings. The van der Waals surface area contributed by atoms with E-state index in [4.69, 9.17) is 5.11 Å². The van der Waals surface area contributed by atoms with E-state index in [2.05, 4.69) is 31.9 Å². The third kappa shape index (κ3) is 6.30. The zero-order chi connectivity index (χ0) is 27.2. The summed E-state index contributed by atoms with van der Waals surface area (Å²) in [6.45, 7) is 2.75. The molecule has 3 aromatic carbocycles. The third-order valence-corrected chi connectivity index (χ3v) is 6.73. The predicted molar refractivity (Wildman–Crippen MR) is 154 cm³/mol. The van der Waals surface area contributed by atoms with Crippen LogP contribution in [0.25, 0.3) is 11.3 Å². The molecular formula is C29H29BrN4O4. The van der Waals surface area contributed by atoms with Crippen molar-refractivity contribution in [3.63, 3.8) is 0 Å². The predicted octanol–water partition coefficient (Wildman–Crippen LogP) is 4.97. The molecule has 196 valence electrons. The van der Waals surface area contributed by atoms with Gasteiger partial charge in [0, 0.05) is 47.8 Å². The van der Waals surface area contributed by atoms with E-state index in [-0.39, 0.29) is 18.2 Å². The number of benzene rings is 3. The first-order valence-electron chi connectivity index (χ1n) is 12.2. The number of likely N-dealkylation sites (N-methyl/N-ethyl adjacent to an activating group) is 1. The molecule has 0 saturated carbocycles. The molecule has 0 atom stereocenters. The maximum atomic E-state index is 13.2. The second-order valence-corrected chi connectivity index (χ2v) is 9.85. The first-order chi connectivity index (χ1) is 18.3. The number of fused-ring (bicyclic) bond motifs is 1. The minimum Gasteiger partial charge on any atom is -0.481 e. The summed E-state index contributed by atoms with van der Waals surface area (Å²) in [6, 6.07) is 20.6. The molecule has 1 heterocycles. The minimum absolute atomic E-state index is 0.0157. The normalized spacial score (nSPS) is 13.5. The van der Waals surface area contributed by atoms with Gasteiger partial charge >= 0.3 is 5.97 Å². The monoisotopic (exact) mass is 576 g/mol. The van der Waals surface area contributed by atoms with Gasteiger partial charge in [0.25, 0.3) is 5.91 Å². The average Bonchev–Trinajstić information content (AvgIpc) is 3.21. The number of halogens is 1. The van der Waals surface area contributed by atoms with Gasteiger partial charge in [-0.15, -0.1) is 0 Å². The minimum atomic E-state index is -0.865. The van der Waals surface area contributed by atoms with Crippen molar-refractivity contribution in [3.8, 4) is 0 Å². The molecule has 0 bridgehead atoms. The van der Waals surface area contributed by atoms with Gasteiger partial charge < -0.3 is 26.0 Å². The lowest BCUT2D eigenvalue weighted by molar-refractivity contribution is -0.137. The molecule has 4 N–H and O–H groups in total. The van der Waals surface area contributed by atoms with Gasteiger partial charge in [-0.25, -0.2) is 0 Å². The number of rotatable bonds is 10. The van der Waals surface area contributed by atoms with Crippen LogP contribution in [-0.4, -0.2) is 43.0 Å². The van der Waals surface area contributed by atoms with Crippen LogP contribution < -0.4 is 20.9 Å². The summed E-state index contributed by atoms with van der Waals surface area (Å²) in [7, 11) is 1.84. The summed E-state index contributed by atoms with van der Waals surface area (Å²) in [5.41, 5.74) is 5.70. The first-order valence-corrected chi connectivity index (χ1v) is 13.0. The van der Waals surface area contributed by atoms with Crippen LogP contribution in [0.1, 0.15) is 30.0 Å². The highest BCUT2D eigenvalue weighted by Gasteiger charge is 2.28. The van der Waals surface area contributed by atoms with Crippen molar-refractivity contribution in [1.29, 1.82) is 0 Å². The molecule has 0 saturated heterocycles. The van der Waals surface area contributed by atoms with E-state index in [1.807, 2.05) is 73.8 Å². The Hall–Kier alpha value is -3.95. The molecule has 2 amide bonds. The van der Waals surface area contributed by atoms with Crippen LogP contribution in [0, 0.1) is 0 Å². The molecule has 0 radical (unpaired) electrons. The largest absolute Gasteiger partial charge is 0.481 e. The zero-order valence-corrected chi connectivity index (χ0v) is 22.8. The second kappa shape index (κ2) is 12.1. The van der Waals surface area contributed by atoms with E-state index in [0.29, 0.717) is 36.5 Å². The van der Waals surface area contributed by atoms with Gasteiger partial charge in [0.05, 0.1) is 17.0 Å². The van der Waals surface area contributed by atoms with Crippen molar-refractivity contribution in [2.45, 2.75) is 19.8 Å². The van der Waals surface area contributed by atoms with E-state index in [0.717, 1.165) is 32.5 Å². The number of carboxylic acid groups (broad SMARTS) is 1. The van der Waals surface area contributed by atoms with Gasteiger partial charge in [0.1, 0.15) is 0 Å². The van der Waals surface area contributed by atoms with Gasteiger partial charge in [0.15, 0.2) is 0 Å². The molecule has 38 heavy (non-hydrogen) atoms. The van der Waals surface area contributed by atoms with Crippen LogP contribution in [-0.2, 0) is 20.8 Å². The van der Waals surface area contributed by atoms with Crippen LogP contribution in [0.4, 0.5) is 17.1 Å². The zero-order valence-electron chi connectivity index (χ0n) is 21.2. The highest BCUT2D eigenvalue weighted by Crippen LogP contribution is 2.39. The van der Waals surface area contributed by atoms with Crippen LogP contribution in [0.2, 0.25) is 0 Å². The Labute approximate surface area is 229 Å². The Balaban J connectivity index is 1.75. The number of nitrogens with zero attached hydrogens (tertiary/aromatic N) is 1. The van der Waals surface area contributed by atoms with Crippen molar-refractivity contribution in [1.82, 2.24) is 5.32 Å². The topological polar surface area (TPSA) is 111 Å². The van der Waals surface area contributed by atoms with Crippen molar-refractivity contribution in [2.75, 3.05) is 35.7 Å². The molecule has 0 unspecified atom stereocenters. The molecule has 9 heteroatoms. The Kier molecular flexibility index (Phi) is 8.60. The van der Waals surface area contributed by atoms with Crippen molar-refractivity contribution < 1.29 is 19.5 Å². The molecule has 0 spiro atoms. The van der Waals surface area contributed by atoms with Crippen molar-refractivity contribution in [3.05, 3.63) is 87.9 Å². The molecule has 0 fully saturated rings. The Morgan fingerprint density at radius 3 is 2.50 bits per heavy atom. The van der Waals surface area contributed by atoms with Crippen molar-refractivity contribution in [2.24, 2.45) is 0 Å². The highest BCUT2D eigenvalue weighted by molar-refractivity contribution is 9.10. The van der Waals surface area contributed by atoms with E-state index in [1.165, 1.54) is 6.92 Å². The number of hydrogen-bond donors (Lipinski definition) is 4. The summed E-state index contributed by atoms with van der Waals surface area (Å²) in [5.74, 6) is -1.15. The fraction of sp³-hybridized carbons (Fsp3) is 0.207. The maximum absolute atomic E-state index is 13.2. The number of aliphatic carboxylic acids is 1. The van der Waals surface area contributed by atoms with Gasteiger partial charge in [-0.3, -0.25) is 14.4 Å². The summed E-state index contributed by atoms with van der Waals surface area (Å²) in [5, 5.41) is 18.6. The number of carbonyl (C=O) groups is 3. The number of carbonyl (C=O) groups excluding carboxylic acids is 2. The van der Waals surface area contributed by atoms with Gasteiger partial charge in [-0.2, -0.15) is 0 Å². The van der Waals surface area contributed by atoms with Crippen LogP contribution in [0.5, 0.6) is 0 Å². The second-order valence-electron chi connectivity index (χ2n) is 8.93. The van der Waals surface area contributed by atoms with Gasteiger partial charge in [0.2, 0.25) is 5.91 Å². The van der Waals surface area contributed by atoms with E-state index >= 15 is 0 Å². The molecule has 4 rings (SSSR count). The van der Waals surface area contributed by atoms with E-state index in [1.54, 1.807) is 4.90 Å². The number of anilines is 3. The molecule has 1 aliphatic rings. The maximum Gasteiger partial charge on any atom is 0.303 e. The Bertz CT molecular complexity index is 1400. The highest BCUT2D eigenvalue weighted by atomic mass is 79.9. The lowest BCUT2D eigenvalue weighted by atomic mass is 9.97. The SMILES string of the molecule is CNCCN(C(C)=O)c1ccc(NC(=C2C(=O)Nc3cc(Br)ccc32)c2cccc(CCC(=O)O)c2)cc1. The fourth-order valence-electron chi connectivity index (χ4n) is 4.37. The number of aryl methyl sites for hydroxylation is 1. The standard InChI is InChI=1S/C29H29BrN4O4/c1-18(35)34(15-14-31-2)23-10-8-22(9-11-23)32-28(20-5-3-4-19(16-20)6-13-26(36)37)27-24-12-7-21(30)17-25(24)33-29(27)38/h3-5,7-12,16-17,31-32H,6,13-15H2,1-2H3,(H,33,38)(H,36,37). The average molecular weight is 577 g/mol. The quantitative estimate of drug-likeness (QED) is 0.254. The van der Waals surface area contributed by atoms with Crippen molar-refractivity contribution >= 4 is 62.0 Å². The summed E-state index contributed by atoms with van der Waals surface area (Å²) in [6.07, 6.45) is 0.394. The van der Waals surface area contributed by atoms with E-state index < -0.39 is 5.97 Å². The molecule has 1 aliphatic heterocycles. The number of amides is 2. The van der Waals surface area contributed by atoms with Gasteiger partial charge in [-0.05, 0) is 67.1 Å². The summed E-state index contributed by atoms with van der Waals surface area (Å²) >= 11 is 3.46. The summed E-state index contributed by atoms with van der Waals surface area (Å²) in [4.78, 5) is 38.2. The summed E-state index contributed by atoms with van der Waals surface area (Å²) < 4.78 is 0.854. The van der Waals surface area contributed by atoms with Crippen LogP contribution in [0.3, 0.4) is 0 Å². The molecule has 0 aromatic heterocycles. The number of carboxylic acids is 1. The van der Waals surface area contributed by atoms with Crippen LogP contribution in [0.15, 0.2) is 71.2 Å². The smallest absolute Gasteiger partial charge is 0.303 e. The Morgan fingerprint density at radius 1 is 1.05 bits per heavy atom. The molecule has 0 aliphatic carbocycles. The van der Waals surface area contributed by atoms with E-state index in [9.17, 15) is 14.4 Å². The van der Waals surface area contributed by atoms with Crippen LogP contribution >= 0.6 is 15.9 Å². The molecular weight excluding hydrogens is 548 g/mol. The number of nitrogens with one attached hydrogen (secondary N) is 3. The lowest BCUT2D eigenvalue weighted by Gasteiger charge is -2.22. The molecule has 8 nitrogen and oxygen atoms in total. The van der Waals surface area contributed by atoms with Gasteiger partial charge in [-0.1, -0.05) is 40.2 Å². The number of hydrogen-bond acceptors (Lipinski definition) is 5. The lowest BCUT2D eigenvalue weighted by Crippen LogP contribution is -2.34. The fourth-order valence-corrected chi connectivity index (χ4v) is 4.73. The first kappa shape index (κ1) is 27.1.